The minimum absolute atomic E-state index is 0.0416. The number of hydrogen-bond donors (Lipinski definition) is 1. The van der Waals surface area contributed by atoms with Crippen LogP contribution in [-0.2, 0) is 4.79 Å². The normalized spacial score (nSPS) is 12.0. The molecule has 6 heteroatoms. The molecule has 1 aliphatic rings. The quantitative estimate of drug-likeness (QED) is 0.916. The zero-order chi connectivity index (χ0) is 18.8. The molecular formula is C20H22N2O4. The molecule has 2 amide bonds. The number of likely N-dealkylation sites (N-methyl/N-ethyl adjacent to an activating group) is 1. The number of hydrogen-bond acceptors (Lipinski definition) is 4. The summed E-state index contributed by atoms with van der Waals surface area (Å²) in [6.07, 6.45) is 0. The maximum absolute atomic E-state index is 12.6. The van der Waals surface area contributed by atoms with Gasteiger partial charge in [-0.05, 0) is 50.1 Å². The lowest BCUT2D eigenvalue weighted by atomic mass is 10.1. The summed E-state index contributed by atoms with van der Waals surface area (Å²) in [7, 11) is 1.60. The summed E-state index contributed by atoms with van der Waals surface area (Å²) >= 11 is 0. The van der Waals surface area contributed by atoms with Crippen LogP contribution in [0.5, 0.6) is 11.5 Å². The summed E-state index contributed by atoms with van der Waals surface area (Å²) in [5, 5.41) is 2.91. The summed E-state index contributed by atoms with van der Waals surface area (Å²) in [5.74, 6) is 0.666. The van der Waals surface area contributed by atoms with Crippen molar-refractivity contribution in [2.75, 3.05) is 25.7 Å². The second-order valence-corrected chi connectivity index (χ2v) is 6.55. The van der Waals surface area contributed by atoms with Gasteiger partial charge in [-0.1, -0.05) is 17.7 Å². The third-order valence-corrected chi connectivity index (χ3v) is 4.29. The summed E-state index contributed by atoms with van der Waals surface area (Å²) in [4.78, 5) is 26.3. The van der Waals surface area contributed by atoms with Gasteiger partial charge >= 0.3 is 0 Å². The molecule has 0 bridgehead atoms. The van der Waals surface area contributed by atoms with Crippen molar-refractivity contribution in [3.05, 3.63) is 52.6 Å². The molecule has 0 saturated carbocycles. The van der Waals surface area contributed by atoms with Crippen LogP contribution in [0.3, 0.4) is 0 Å². The van der Waals surface area contributed by atoms with Gasteiger partial charge in [0.05, 0.1) is 6.54 Å². The van der Waals surface area contributed by atoms with Gasteiger partial charge in [-0.25, -0.2) is 0 Å². The Morgan fingerprint density at radius 1 is 1.04 bits per heavy atom. The van der Waals surface area contributed by atoms with Crippen LogP contribution in [-0.4, -0.2) is 37.1 Å². The van der Waals surface area contributed by atoms with E-state index in [1.54, 1.807) is 25.2 Å². The molecule has 6 nitrogen and oxygen atoms in total. The Morgan fingerprint density at radius 3 is 2.38 bits per heavy atom. The molecule has 0 aromatic heterocycles. The van der Waals surface area contributed by atoms with Crippen molar-refractivity contribution in [2.45, 2.75) is 20.8 Å². The van der Waals surface area contributed by atoms with E-state index < -0.39 is 0 Å². The van der Waals surface area contributed by atoms with Crippen molar-refractivity contribution in [2.24, 2.45) is 0 Å². The van der Waals surface area contributed by atoms with Gasteiger partial charge in [0.15, 0.2) is 11.5 Å². The lowest BCUT2D eigenvalue weighted by molar-refractivity contribution is -0.116. The topological polar surface area (TPSA) is 67.9 Å². The molecule has 0 unspecified atom stereocenters. The van der Waals surface area contributed by atoms with E-state index in [1.807, 2.05) is 32.9 Å². The molecule has 26 heavy (non-hydrogen) atoms. The molecule has 3 rings (SSSR count). The fraction of sp³-hybridized carbons (Fsp3) is 0.300. The highest BCUT2D eigenvalue weighted by atomic mass is 16.7. The van der Waals surface area contributed by atoms with Gasteiger partial charge in [0.1, 0.15) is 0 Å². The zero-order valence-electron chi connectivity index (χ0n) is 15.4. The van der Waals surface area contributed by atoms with Crippen LogP contribution < -0.4 is 14.8 Å². The van der Waals surface area contributed by atoms with Gasteiger partial charge in [-0.15, -0.1) is 0 Å². The predicted molar refractivity (Wildman–Crippen MR) is 98.8 cm³/mol. The van der Waals surface area contributed by atoms with E-state index in [0.717, 1.165) is 22.4 Å². The maximum atomic E-state index is 12.6. The van der Waals surface area contributed by atoms with E-state index in [4.69, 9.17) is 9.47 Å². The third kappa shape index (κ3) is 3.64. The Labute approximate surface area is 152 Å². The average Bonchev–Trinajstić information content (AvgIpc) is 3.04. The fourth-order valence-corrected chi connectivity index (χ4v) is 3.09. The Balaban J connectivity index is 1.67. The Morgan fingerprint density at radius 2 is 1.69 bits per heavy atom. The van der Waals surface area contributed by atoms with Crippen LogP contribution >= 0.6 is 0 Å². The van der Waals surface area contributed by atoms with E-state index in [0.29, 0.717) is 17.1 Å². The van der Waals surface area contributed by atoms with Crippen LogP contribution in [0.25, 0.3) is 0 Å². The minimum atomic E-state index is -0.254. The van der Waals surface area contributed by atoms with Gasteiger partial charge in [0.2, 0.25) is 12.7 Å². The second kappa shape index (κ2) is 7.07. The number of aryl methyl sites for hydroxylation is 3. The van der Waals surface area contributed by atoms with Gasteiger partial charge in [0.25, 0.3) is 5.91 Å². The maximum Gasteiger partial charge on any atom is 0.254 e. The standard InChI is InChI=1S/C20H22N2O4/c1-12-7-13(2)19(14(3)8-12)21-18(23)10-22(4)20(24)15-5-6-16-17(9-15)26-11-25-16/h5-9H,10-11H2,1-4H3,(H,21,23). The number of amides is 2. The van der Waals surface area contributed by atoms with E-state index >= 15 is 0 Å². The van der Waals surface area contributed by atoms with E-state index in [1.165, 1.54) is 4.90 Å². The number of ether oxygens (including phenoxy) is 2. The molecule has 136 valence electrons. The summed E-state index contributed by atoms with van der Waals surface area (Å²) in [6, 6.07) is 9.03. The fourth-order valence-electron chi connectivity index (χ4n) is 3.09. The Hall–Kier alpha value is -3.02. The lowest BCUT2D eigenvalue weighted by Crippen LogP contribution is -2.35. The van der Waals surface area contributed by atoms with Crippen molar-refractivity contribution < 1.29 is 19.1 Å². The molecule has 2 aromatic rings. The summed E-state index contributed by atoms with van der Waals surface area (Å²) in [6.45, 7) is 6.04. The first-order valence-corrected chi connectivity index (χ1v) is 8.38. The van der Waals surface area contributed by atoms with Crippen molar-refractivity contribution in [3.63, 3.8) is 0 Å². The molecule has 2 aromatic carbocycles. The number of carbonyl (C=O) groups is 2. The van der Waals surface area contributed by atoms with Crippen molar-refractivity contribution in [1.29, 1.82) is 0 Å². The number of nitrogens with zero attached hydrogens (tertiary/aromatic N) is 1. The van der Waals surface area contributed by atoms with Crippen LogP contribution in [0.2, 0.25) is 0 Å². The van der Waals surface area contributed by atoms with Gasteiger partial charge < -0.3 is 19.7 Å². The number of benzene rings is 2. The van der Waals surface area contributed by atoms with Gasteiger partial charge in [-0.3, -0.25) is 9.59 Å². The largest absolute Gasteiger partial charge is 0.454 e. The first-order chi connectivity index (χ1) is 12.3. The molecule has 0 spiro atoms. The predicted octanol–water partition coefficient (Wildman–Crippen LogP) is 3.05. The molecule has 0 aliphatic carbocycles. The molecule has 1 N–H and O–H groups in total. The van der Waals surface area contributed by atoms with E-state index in [-0.39, 0.29) is 25.2 Å². The second-order valence-electron chi connectivity index (χ2n) is 6.55. The monoisotopic (exact) mass is 354 g/mol. The average molecular weight is 354 g/mol. The first kappa shape index (κ1) is 17.8. The molecular weight excluding hydrogens is 332 g/mol. The lowest BCUT2D eigenvalue weighted by Gasteiger charge is -2.18. The number of nitrogens with one attached hydrogen (secondary N) is 1. The number of rotatable bonds is 4. The molecule has 1 aliphatic heterocycles. The highest BCUT2D eigenvalue weighted by Crippen LogP contribution is 2.32. The minimum Gasteiger partial charge on any atom is -0.454 e. The zero-order valence-corrected chi connectivity index (χ0v) is 15.4. The van der Waals surface area contributed by atoms with Crippen molar-refractivity contribution in [3.8, 4) is 11.5 Å². The molecule has 0 radical (unpaired) electrons. The van der Waals surface area contributed by atoms with E-state index in [9.17, 15) is 9.59 Å². The van der Waals surface area contributed by atoms with E-state index in [2.05, 4.69) is 5.32 Å². The van der Waals surface area contributed by atoms with Gasteiger partial charge in [0, 0.05) is 18.3 Å². The molecule has 0 atom stereocenters. The molecule has 0 saturated heterocycles. The summed E-state index contributed by atoms with van der Waals surface area (Å²) in [5.41, 5.74) is 4.39. The SMILES string of the molecule is Cc1cc(C)c(NC(=O)CN(C)C(=O)c2ccc3c(c2)OCO3)c(C)c1. The number of carbonyl (C=O) groups excluding carboxylic acids is 2. The van der Waals surface area contributed by atoms with Crippen molar-refractivity contribution >= 4 is 17.5 Å². The summed E-state index contributed by atoms with van der Waals surface area (Å²) < 4.78 is 10.5. The van der Waals surface area contributed by atoms with Crippen LogP contribution in [0.1, 0.15) is 27.0 Å². The van der Waals surface area contributed by atoms with Crippen LogP contribution in [0.4, 0.5) is 5.69 Å². The van der Waals surface area contributed by atoms with Crippen molar-refractivity contribution in [1.82, 2.24) is 4.90 Å². The highest BCUT2D eigenvalue weighted by Gasteiger charge is 2.20. The smallest absolute Gasteiger partial charge is 0.254 e. The number of fused-ring (bicyclic) bond motifs is 1. The Kier molecular flexibility index (Phi) is 4.84. The first-order valence-electron chi connectivity index (χ1n) is 8.38. The third-order valence-electron chi connectivity index (χ3n) is 4.29. The van der Waals surface area contributed by atoms with Crippen LogP contribution in [0, 0.1) is 20.8 Å². The van der Waals surface area contributed by atoms with Crippen LogP contribution in [0.15, 0.2) is 30.3 Å². The molecule has 1 heterocycles. The number of anilines is 1. The Bertz CT molecular complexity index is 853. The highest BCUT2D eigenvalue weighted by molar-refractivity contribution is 6.00. The van der Waals surface area contributed by atoms with Gasteiger partial charge in [-0.2, -0.15) is 0 Å². The molecule has 0 fully saturated rings.